The van der Waals surface area contributed by atoms with Crippen molar-refractivity contribution in [1.29, 1.82) is 0 Å². The second-order valence-electron chi connectivity index (χ2n) is 5.36. The minimum Gasteiger partial charge on any atom is -0.496 e. The number of carbonyl (C=O) groups excluding carboxylic acids is 1. The van der Waals surface area contributed by atoms with Gasteiger partial charge in [-0.2, -0.15) is 0 Å². The number of halogens is 1. The van der Waals surface area contributed by atoms with Crippen molar-refractivity contribution in [3.63, 3.8) is 0 Å². The zero-order valence-corrected chi connectivity index (χ0v) is 15.1. The SMILES string of the molecule is COc1ccccc1C1CNCCN1C(=O)c1ccc([N+](=O)[O-])s1.Cl. The third-order valence-electron chi connectivity index (χ3n) is 3.98. The number of para-hydroxylation sites is 1. The predicted molar refractivity (Wildman–Crippen MR) is 97.9 cm³/mol. The average Bonchev–Trinajstić information content (AvgIpc) is 3.11. The summed E-state index contributed by atoms with van der Waals surface area (Å²) in [5, 5.41) is 14.1. The molecule has 1 aromatic carbocycles. The molecule has 1 aliphatic heterocycles. The van der Waals surface area contributed by atoms with Gasteiger partial charge in [0.15, 0.2) is 0 Å². The van der Waals surface area contributed by atoms with Crippen LogP contribution < -0.4 is 10.1 Å². The maximum Gasteiger partial charge on any atom is 0.324 e. The van der Waals surface area contributed by atoms with Crippen molar-refractivity contribution in [2.24, 2.45) is 0 Å². The van der Waals surface area contributed by atoms with E-state index in [4.69, 9.17) is 4.74 Å². The second kappa shape index (κ2) is 8.28. The highest BCUT2D eigenvalue weighted by Gasteiger charge is 2.31. The summed E-state index contributed by atoms with van der Waals surface area (Å²) in [5.41, 5.74) is 0.923. The largest absolute Gasteiger partial charge is 0.496 e. The van der Waals surface area contributed by atoms with Gasteiger partial charge in [-0.3, -0.25) is 14.9 Å². The molecular weight excluding hydrogens is 366 g/mol. The molecular formula is C16H18ClN3O4S. The highest BCUT2D eigenvalue weighted by molar-refractivity contribution is 7.17. The van der Waals surface area contributed by atoms with Crippen LogP contribution in [0.3, 0.4) is 0 Å². The standard InChI is InChI=1S/C16H17N3O4S.ClH/c1-23-13-5-3-2-4-11(13)12-10-17-8-9-18(12)16(20)14-6-7-15(24-14)19(21)22;/h2-7,12,17H,8-10H2,1H3;1H. The number of nitrogens with zero attached hydrogens (tertiary/aromatic N) is 2. The van der Waals surface area contributed by atoms with Crippen LogP contribution in [-0.4, -0.2) is 42.5 Å². The number of methoxy groups -OCH3 is 1. The number of carbonyl (C=O) groups is 1. The van der Waals surface area contributed by atoms with E-state index in [2.05, 4.69) is 5.32 Å². The summed E-state index contributed by atoms with van der Waals surface area (Å²) in [7, 11) is 1.60. The molecule has 1 amide bonds. The van der Waals surface area contributed by atoms with Crippen molar-refractivity contribution in [2.75, 3.05) is 26.7 Å². The Morgan fingerprint density at radius 1 is 1.36 bits per heavy atom. The maximum absolute atomic E-state index is 12.9. The van der Waals surface area contributed by atoms with Gasteiger partial charge in [0.05, 0.1) is 23.0 Å². The summed E-state index contributed by atoms with van der Waals surface area (Å²) in [6.07, 6.45) is 0. The Balaban J connectivity index is 0.00000225. The molecule has 1 aliphatic rings. The van der Waals surface area contributed by atoms with Crippen LogP contribution in [0.4, 0.5) is 5.00 Å². The van der Waals surface area contributed by atoms with Gasteiger partial charge in [-0.25, -0.2) is 0 Å². The highest BCUT2D eigenvalue weighted by Crippen LogP contribution is 2.33. The number of ether oxygens (including phenoxy) is 1. The molecule has 0 saturated carbocycles. The van der Waals surface area contributed by atoms with Gasteiger partial charge in [-0.15, -0.1) is 12.4 Å². The topological polar surface area (TPSA) is 84.7 Å². The lowest BCUT2D eigenvalue weighted by Gasteiger charge is -2.36. The fraction of sp³-hybridized carbons (Fsp3) is 0.312. The number of amides is 1. The molecule has 7 nitrogen and oxygen atoms in total. The Morgan fingerprint density at radius 2 is 2.12 bits per heavy atom. The first kappa shape index (κ1) is 19.2. The lowest BCUT2D eigenvalue weighted by Crippen LogP contribution is -2.48. The number of hydrogen-bond donors (Lipinski definition) is 1. The lowest BCUT2D eigenvalue weighted by atomic mass is 10.0. The van der Waals surface area contributed by atoms with Crippen molar-refractivity contribution in [3.8, 4) is 5.75 Å². The molecule has 2 heterocycles. The summed E-state index contributed by atoms with van der Waals surface area (Å²) < 4.78 is 5.42. The van der Waals surface area contributed by atoms with Crippen molar-refractivity contribution in [1.82, 2.24) is 10.2 Å². The second-order valence-corrected chi connectivity index (χ2v) is 6.42. The molecule has 134 valence electrons. The van der Waals surface area contributed by atoms with Crippen LogP contribution in [0.15, 0.2) is 36.4 Å². The Bertz CT molecular complexity index is 767. The van der Waals surface area contributed by atoms with Crippen LogP contribution in [0.5, 0.6) is 5.75 Å². The van der Waals surface area contributed by atoms with E-state index < -0.39 is 4.92 Å². The molecule has 1 fully saturated rings. The van der Waals surface area contributed by atoms with E-state index in [1.54, 1.807) is 12.0 Å². The van der Waals surface area contributed by atoms with E-state index in [0.29, 0.717) is 24.5 Å². The Labute approximate surface area is 155 Å². The quantitative estimate of drug-likeness (QED) is 0.648. The molecule has 1 unspecified atom stereocenters. The van der Waals surface area contributed by atoms with Gasteiger partial charge in [-0.05, 0) is 12.1 Å². The predicted octanol–water partition coefficient (Wildman–Crippen LogP) is 2.87. The van der Waals surface area contributed by atoms with E-state index in [1.807, 2.05) is 24.3 Å². The normalized spacial score (nSPS) is 16.8. The molecule has 1 N–H and O–H groups in total. The monoisotopic (exact) mass is 383 g/mol. The fourth-order valence-corrected chi connectivity index (χ4v) is 3.63. The number of benzene rings is 1. The highest BCUT2D eigenvalue weighted by atomic mass is 35.5. The van der Waals surface area contributed by atoms with Crippen LogP contribution in [0.25, 0.3) is 0 Å². The van der Waals surface area contributed by atoms with Crippen molar-refractivity contribution < 1.29 is 14.5 Å². The van der Waals surface area contributed by atoms with Crippen LogP contribution in [0.2, 0.25) is 0 Å². The number of piperazine rings is 1. The van der Waals surface area contributed by atoms with Gasteiger partial charge in [0, 0.05) is 31.3 Å². The first-order chi connectivity index (χ1) is 11.6. The molecule has 25 heavy (non-hydrogen) atoms. The lowest BCUT2D eigenvalue weighted by molar-refractivity contribution is -0.380. The molecule has 1 aromatic heterocycles. The van der Waals surface area contributed by atoms with Gasteiger partial charge >= 0.3 is 5.00 Å². The Kier molecular flexibility index (Phi) is 6.35. The zero-order valence-electron chi connectivity index (χ0n) is 13.5. The first-order valence-corrected chi connectivity index (χ1v) is 8.32. The van der Waals surface area contributed by atoms with Crippen LogP contribution >= 0.6 is 23.7 Å². The number of nitro groups is 1. The summed E-state index contributed by atoms with van der Waals surface area (Å²) in [6.45, 7) is 1.83. The number of rotatable bonds is 4. The third kappa shape index (κ3) is 3.92. The third-order valence-corrected chi connectivity index (χ3v) is 5.01. The summed E-state index contributed by atoms with van der Waals surface area (Å²) >= 11 is 0.908. The Morgan fingerprint density at radius 3 is 2.80 bits per heavy atom. The molecule has 0 spiro atoms. The minimum atomic E-state index is -0.475. The van der Waals surface area contributed by atoms with E-state index in [-0.39, 0.29) is 29.4 Å². The van der Waals surface area contributed by atoms with Crippen LogP contribution in [0.1, 0.15) is 21.3 Å². The van der Waals surface area contributed by atoms with E-state index in [0.717, 1.165) is 22.6 Å². The summed E-state index contributed by atoms with van der Waals surface area (Å²) in [5.74, 6) is 0.534. The molecule has 9 heteroatoms. The zero-order chi connectivity index (χ0) is 17.1. The smallest absolute Gasteiger partial charge is 0.324 e. The summed E-state index contributed by atoms with van der Waals surface area (Å²) in [4.78, 5) is 25.4. The van der Waals surface area contributed by atoms with Gasteiger partial charge in [0.2, 0.25) is 0 Å². The van der Waals surface area contributed by atoms with Crippen molar-refractivity contribution in [2.45, 2.75) is 6.04 Å². The molecule has 3 rings (SSSR count). The van der Waals surface area contributed by atoms with E-state index in [1.165, 1.54) is 12.1 Å². The van der Waals surface area contributed by atoms with Gasteiger partial charge in [-0.1, -0.05) is 29.5 Å². The van der Waals surface area contributed by atoms with Crippen LogP contribution in [-0.2, 0) is 0 Å². The molecule has 1 atom stereocenters. The number of hydrogen-bond acceptors (Lipinski definition) is 6. The minimum absolute atomic E-state index is 0. The van der Waals surface area contributed by atoms with Gasteiger partial charge < -0.3 is 15.0 Å². The number of nitrogens with one attached hydrogen (secondary N) is 1. The van der Waals surface area contributed by atoms with Gasteiger partial charge in [0.1, 0.15) is 5.75 Å². The fourth-order valence-electron chi connectivity index (χ4n) is 2.85. The molecule has 0 bridgehead atoms. The first-order valence-electron chi connectivity index (χ1n) is 7.50. The van der Waals surface area contributed by atoms with E-state index >= 15 is 0 Å². The average molecular weight is 384 g/mol. The van der Waals surface area contributed by atoms with Crippen molar-refractivity contribution >= 4 is 34.7 Å². The maximum atomic E-state index is 12.9. The molecule has 0 radical (unpaired) electrons. The molecule has 0 aliphatic carbocycles. The molecule has 2 aromatic rings. The van der Waals surface area contributed by atoms with E-state index in [9.17, 15) is 14.9 Å². The number of thiophene rings is 1. The van der Waals surface area contributed by atoms with Crippen LogP contribution in [0, 0.1) is 10.1 Å². The summed E-state index contributed by atoms with van der Waals surface area (Å²) in [6, 6.07) is 10.3. The van der Waals surface area contributed by atoms with Gasteiger partial charge in [0.25, 0.3) is 5.91 Å². The van der Waals surface area contributed by atoms with Crippen molar-refractivity contribution in [3.05, 3.63) is 57.0 Å². The molecule has 1 saturated heterocycles. The Hall–Kier alpha value is -2.16.